The van der Waals surface area contributed by atoms with Gasteiger partial charge >= 0.3 is 0 Å². The number of carbonyl (C=O) groups is 1. The third-order valence-corrected chi connectivity index (χ3v) is 3.04. The number of rotatable bonds is 8. The molecular formula is C16H20N4O3. The number of methoxy groups -OCH3 is 2. The summed E-state index contributed by atoms with van der Waals surface area (Å²) in [6, 6.07) is 8.65. The molecule has 0 bridgehead atoms. The van der Waals surface area contributed by atoms with Gasteiger partial charge < -0.3 is 20.1 Å². The summed E-state index contributed by atoms with van der Waals surface area (Å²) in [5, 5.41) is 5.84. The molecule has 1 heterocycles. The molecule has 122 valence electrons. The van der Waals surface area contributed by atoms with Gasteiger partial charge in [-0.2, -0.15) is 0 Å². The number of nitrogens with one attached hydrogen (secondary N) is 2. The lowest BCUT2D eigenvalue weighted by Gasteiger charge is -2.08. The fourth-order valence-electron chi connectivity index (χ4n) is 1.86. The Morgan fingerprint density at radius 3 is 2.65 bits per heavy atom. The lowest BCUT2D eigenvalue weighted by molar-refractivity contribution is 0.102. The van der Waals surface area contributed by atoms with E-state index in [2.05, 4.69) is 20.6 Å². The van der Waals surface area contributed by atoms with Gasteiger partial charge in [-0.1, -0.05) is 0 Å². The van der Waals surface area contributed by atoms with Gasteiger partial charge in [0.15, 0.2) is 0 Å². The van der Waals surface area contributed by atoms with Gasteiger partial charge in [-0.25, -0.2) is 9.97 Å². The standard InChI is InChI=1S/C16H20N4O3/c1-22-11-3-9-17-16-18-10-8-14(20-16)15(21)19-12-4-6-13(23-2)7-5-12/h4-8,10H,3,9,11H2,1-2H3,(H,19,21)(H,17,18,20). The van der Waals surface area contributed by atoms with E-state index in [0.717, 1.165) is 12.2 Å². The number of anilines is 2. The number of hydrogen-bond donors (Lipinski definition) is 2. The van der Waals surface area contributed by atoms with Crippen LogP contribution in [0.25, 0.3) is 0 Å². The van der Waals surface area contributed by atoms with Crippen LogP contribution >= 0.6 is 0 Å². The Kier molecular flexibility index (Phi) is 6.31. The number of amides is 1. The van der Waals surface area contributed by atoms with Gasteiger partial charge in [-0.15, -0.1) is 0 Å². The van der Waals surface area contributed by atoms with E-state index in [1.165, 1.54) is 0 Å². The average molecular weight is 316 g/mol. The normalized spacial score (nSPS) is 10.2. The van der Waals surface area contributed by atoms with Gasteiger partial charge in [0.1, 0.15) is 11.4 Å². The molecule has 0 saturated heterocycles. The number of hydrogen-bond acceptors (Lipinski definition) is 6. The molecule has 0 aliphatic heterocycles. The van der Waals surface area contributed by atoms with E-state index in [1.807, 2.05) is 0 Å². The lowest BCUT2D eigenvalue weighted by Crippen LogP contribution is -2.15. The molecule has 0 aliphatic rings. The van der Waals surface area contributed by atoms with Crippen molar-refractivity contribution in [3.05, 3.63) is 42.2 Å². The van der Waals surface area contributed by atoms with Crippen LogP contribution in [0, 0.1) is 0 Å². The maximum absolute atomic E-state index is 12.2. The highest BCUT2D eigenvalue weighted by molar-refractivity contribution is 6.02. The minimum Gasteiger partial charge on any atom is -0.497 e. The Labute approximate surface area is 135 Å². The summed E-state index contributed by atoms with van der Waals surface area (Å²) in [6.45, 7) is 1.34. The lowest BCUT2D eigenvalue weighted by atomic mass is 10.3. The van der Waals surface area contributed by atoms with Gasteiger partial charge in [-0.3, -0.25) is 4.79 Å². The molecule has 1 aromatic carbocycles. The van der Waals surface area contributed by atoms with E-state index in [-0.39, 0.29) is 5.91 Å². The topological polar surface area (TPSA) is 85.4 Å². The predicted octanol–water partition coefficient (Wildman–Crippen LogP) is 2.19. The summed E-state index contributed by atoms with van der Waals surface area (Å²) in [7, 11) is 3.25. The smallest absolute Gasteiger partial charge is 0.274 e. The second-order valence-electron chi connectivity index (χ2n) is 4.72. The molecule has 0 fully saturated rings. The SMILES string of the molecule is COCCCNc1nccc(C(=O)Nc2ccc(OC)cc2)n1. The highest BCUT2D eigenvalue weighted by Gasteiger charge is 2.09. The van der Waals surface area contributed by atoms with Crippen molar-refractivity contribution in [2.75, 3.05) is 38.0 Å². The van der Waals surface area contributed by atoms with E-state index < -0.39 is 0 Å². The second-order valence-corrected chi connectivity index (χ2v) is 4.72. The largest absolute Gasteiger partial charge is 0.497 e. The molecule has 7 nitrogen and oxygen atoms in total. The molecule has 2 rings (SSSR count). The first kappa shape index (κ1) is 16.7. The summed E-state index contributed by atoms with van der Waals surface area (Å²) < 4.78 is 10.0. The van der Waals surface area contributed by atoms with Gasteiger partial charge in [0, 0.05) is 32.1 Å². The molecule has 1 aromatic heterocycles. The summed E-state index contributed by atoms with van der Waals surface area (Å²) in [6.07, 6.45) is 2.39. The van der Waals surface area contributed by atoms with Crippen LogP contribution in [0.3, 0.4) is 0 Å². The zero-order valence-corrected chi connectivity index (χ0v) is 13.2. The zero-order valence-electron chi connectivity index (χ0n) is 13.2. The molecule has 0 unspecified atom stereocenters. The van der Waals surface area contributed by atoms with Gasteiger partial charge in [-0.05, 0) is 36.8 Å². The first-order valence-electron chi connectivity index (χ1n) is 7.24. The quantitative estimate of drug-likeness (QED) is 0.726. The number of nitrogens with zero attached hydrogens (tertiary/aromatic N) is 2. The summed E-state index contributed by atoms with van der Waals surface area (Å²) in [4.78, 5) is 20.5. The van der Waals surface area contributed by atoms with Crippen molar-refractivity contribution in [3.63, 3.8) is 0 Å². The average Bonchev–Trinajstić information content (AvgIpc) is 2.60. The van der Waals surface area contributed by atoms with Crippen molar-refractivity contribution in [1.82, 2.24) is 9.97 Å². The van der Waals surface area contributed by atoms with Crippen molar-refractivity contribution < 1.29 is 14.3 Å². The Hall–Kier alpha value is -2.67. The van der Waals surface area contributed by atoms with Crippen molar-refractivity contribution >= 4 is 17.5 Å². The third kappa shape index (κ3) is 5.23. The Balaban J connectivity index is 1.95. The molecule has 2 N–H and O–H groups in total. The van der Waals surface area contributed by atoms with Crippen LogP contribution in [-0.4, -0.2) is 43.2 Å². The number of benzene rings is 1. The number of ether oxygens (including phenoxy) is 2. The van der Waals surface area contributed by atoms with Gasteiger partial charge in [0.05, 0.1) is 7.11 Å². The highest BCUT2D eigenvalue weighted by atomic mass is 16.5. The van der Waals surface area contributed by atoms with E-state index in [9.17, 15) is 4.79 Å². The highest BCUT2D eigenvalue weighted by Crippen LogP contribution is 2.15. The summed E-state index contributed by atoms with van der Waals surface area (Å²) >= 11 is 0. The second kappa shape index (κ2) is 8.70. The molecule has 0 spiro atoms. The summed E-state index contributed by atoms with van der Waals surface area (Å²) in [5.41, 5.74) is 0.967. The summed E-state index contributed by atoms with van der Waals surface area (Å²) in [5.74, 6) is 0.855. The Morgan fingerprint density at radius 2 is 1.96 bits per heavy atom. The van der Waals surface area contributed by atoms with Crippen molar-refractivity contribution in [1.29, 1.82) is 0 Å². The van der Waals surface area contributed by atoms with E-state index in [4.69, 9.17) is 9.47 Å². The maximum Gasteiger partial charge on any atom is 0.274 e. The Morgan fingerprint density at radius 1 is 1.17 bits per heavy atom. The Bertz CT molecular complexity index is 631. The molecule has 0 atom stereocenters. The maximum atomic E-state index is 12.2. The molecule has 2 aromatic rings. The molecular weight excluding hydrogens is 296 g/mol. The number of carbonyl (C=O) groups excluding carboxylic acids is 1. The van der Waals surface area contributed by atoms with E-state index in [0.29, 0.717) is 30.5 Å². The minimum absolute atomic E-state index is 0.294. The molecule has 1 amide bonds. The fourth-order valence-corrected chi connectivity index (χ4v) is 1.86. The molecule has 7 heteroatoms. The molecule has 23 heavy (non-hydrogen) atoms. The van der Waals surface area contributed by atoms with E-state index in [1.54, 1.807) is 50.7 Å². The molecule has 0 radical (unpaired) electrons. The third-order valence-electron chi connectivity index (χ3n) is 3.04. The van der Waals surface area contributed by atoms with E-state index >= 15 is 0 Å². The van der Waals surface area contributed by atoms with Gasteiger partial charge in [0.2, 0.25) is 5.95 Å². The predicted molar refractivity (Wildman–Crippen MR) is 88.0 cm³/mol. The van der Waals surface area contributed by atoms with Crippen LogP contribution < -0.4 is 15.4 Å². The van der Waals surface area contributed by atoms with Crippen molar-refractivity contribution in [2.45, 2.75) is 6.42 Å². The van der Waals surface area contributed by atoms with Crippen molar-refractivity contribution in [2.24, 2.45) is 0 Å². The van der Waals surface area contributed by atoms with Crippen LogP contribution in [-0.2, 0) is 4.74 Å². The first-order chi connectivity index (χ1) is 11.2. The van der Waals surface area contributed by atoms with Crippen LogP contribution in [0.15, 0.2) is 36.5 Å². The first-order valence-corrected chi connectivity index (χ1v) is 7.24. The minimum atomic E-state index is -0.294. The fraction of sp³-hybridized carbons (Fsp3) is 0.312. The van der Waals surface area contributed by atoms with Crippen LogP contribution in [0.2, 0.25) is 0 Å². The van der Waals surface area contributed by atoms with Crippen molar-refractivity contribution in [3.8, 4) is 5.75 Å². The van der Waals surface area contributed by atoms with Crippen LogP contribution in [0.4, 0.5) is 11.6 Å². The zero-order chi connectivity index (χ0) is 16.5. The molecule has 0 saturated carbocycles. The van der Waals surface area contributed by atoms with Gasteiger partial charge in [0.25, 0.3) is 5.91 Å². The monoisotopic (exact) mass is 316 g/mol. The molecule has 0 aliphatic carbocycles. The number of aromatic nitrogens is 2. The van der Waals surface area contributed by atoms with Crippen LogP contribution in [0.1, 0.15) is 16.9 Å². The van der Waals surface area contributed by atoms with Crippen LogP contribution in [0.5, 0.6) is 5.75 Å².